The zero-order chi connectivity index (χ0) is 36.5. The summed E-state index contributed by atoms with van der Waals surface area (Å²) < 4.78 is 13.9. The first kappa shape index (κ1) is 33.6. The highest BCUT2D eigenvalue weighted by Crippen LogP contribution is 2.65. The number of hydrazine groups is 1. The van der Waals surface area contributed by atoms with Gasteiger partial charge in [-0.25, -0.2) is 4.39 Å². The maximum Gasteiger partial charge on any atom is 0.303 e. The minimum atomic E-state index is -1.64. The van der Waals surface area contributed by atoms with E-state index in [9.17, 15) is 33.8 Å². The van der Waals surface area contributed by atoms with Crippen LogP contribution in [0.1, 0.15) is 42.7 Å². The van der Waals surface area contributed by atoms with Gasteiger partial charge in [0.2, 0.25) is 11.8 Å². The molecule has 4 amide bonds. The van der Waals surface area contributed by atoms with Gasteiger partial charge in [0.15, 0.2) is 0 Å². The first-order valence-electron chi connectivity index (χ1n) is 17.2. The lowest BCUT2D eigenvalue weighted by Crippen LogP contribution is -2.53. The first-order chi connectivity index (χ1) is 25.0. The number of likely N-dealkylation sites (tertiary alicyclic amines) is 1. The Balaban J connectivity index is 1.33. The first-order valence-corrected chi connectivity index (χ1v) is 17.5. The normalized spacial score (nSPS) is 26.7. The van der Waals surface area contributed by atoms with E-state index < -0.39 is 64.5 Å². The van der Waals surface area contributed by atoms with E-state index in [1.165, 1.54) is 24.3 Å². The third kappa shape index (κ3) is 5.01. The van der Waals surface area contributed by atoms with Gasteiger partial charge >= 0.3 is 5.97 Å². The number of phenolic OH excluding ortho intramolecular Hbond substituents is 1. The number of imide groups is 2. The molecule has 52 heavy (non-hydrogen) atoms. The monoisotopic (exact) mass is 721 g/mol. The largest absolute Gasteiger partial charge is 0.507 e. The van der Waals surface area contributed by atoms with Crippen molar-refractivity contribution < 1.29 is 38.6 Å². The van der Waals surface area contributed by atoms with Gasteiger partial charge in [-0.05, 0) is 72.5 Å². The third-order valence-corrected chi connectivity index (χ3v) is 11.6. The summed E-state index contributed by atoms with van der Waals surface area (Å²) in [5.74, 6) is -7.89. The van der Waals surface area contributed by atoms with Gasteiger partial charge in [0.25, 0.3) is 11.8 Å². The second kappa shape index (κ2) is 12.6. The number of carbonyl (C=O) groups is 5. The second-order valence-electron chi connectivity index (χ2n) is 13.9. The number of allylic oxidation sites excluding steroid dienone is 2. The summed E-state index contributed by atoms with van der Waals surface area (Å²) in [6.07, 6.45) is 2.00. The van der Waals surface area contributed by atoms with E-state index in [4.69, 9.17) is 11.6 Å². The number of nitrogens with one attached hydrogen (secondary N) is 1. The third-order valence-electron chi connectivity index (χ3n) is 11.4. The van der Waals surface area contributed by atoms with Crippen molar-refractivity contribution in [3.63, 3.8) is 0 Å². The van der Waals surface area contributed by atoms with Crippen LogP contribution in [0.2, 0.25) is 5.02 Å². The lowest BCUT2D eigenvalue weighted by atomic mass is 9.49. The number of hydrogen-bond donors (Lipinski definition) is 3. The van der Waals surface area contributed by atoms with Gasteiger partial charge in [-0.2, -0.15) is 5.01 Å². The number of anilines is 1. The predicted molar refractivity (Wildman–Crippen MR) is 188 cm³/mol. The molecule has 4 aromatic carbocycles. The van der Waals surface area contributed by atoms with Crippen molar-refractivity contribution in [2.24, 2.45) is 23.7 Å². The molecule has 3 fully saturated rings. The topological polar surface area (TPSA) is 144 Å². The van der Waals surface area contributed by atoms with Gasteiger partial charge in [-0.15, -0.1) is 0 Å². The molecule has 4 aliphatic rings. The van der Waals surface area contributed by atoms with Gasteiger partial charge in [0.1, 0.15) is 11.6 Å². The quantitative estimate of drug-likeness (QED) is 0.144. The molecule has 2 aliphatic heterocycles. The Bertz CT molecular complexity index is 2210. The number of aliphatic carboxylic acids is 1. The van der Waals surface area contributed by atoms with Crippen LogP contribution in [0.4, 0.5) is 10.1 Å². The summed E-state index contributed by atoms with van der Waals surface area (Å²) in [4.78, 5) is 70.3. The number of hydrogen-bond acceptors (Lipinski definition) is 7. The van der Waals surface area contributed by atoms with Gasteiger partial charge in [-0.3, -0.25) is 34.3 Å². The number of fused-ring (bicyclic) bond motifs is 5. The van der Waals surface area contributed by atoms with Crippen LogP contribution in [0.25, 0.3) is 10.8 Å². The summed E-state index contributed by atoms with van der Waals surface area (Å²) in [6.45, 7) is -0.0428. The number of amides is 4. The lowest BCUT2D eigenvalue weighted by Gasteiger charge is -2.50. The number of benzene rings is 4. The fourth-order valence-electron chi connectivity index (χ4n) is 9.18. The molecule has 2 heterocycles. The van der Waals surface area contributed by atoms with Crippen LogP contribution in [0.5, 0.6) is 5.75 Å². The Kier molecular flexibility index (Phi) is 8.13. The van der Waals surface area contributed by atoms with Gasteiger partial charge in [-0.1, -0.05) is 71.8 Å². The average Bonchev–Trinajstić information content (AvgIpc) is 3.50. The van der Waals surface area contributed by atoms with Crippen molar-refractivity contribution >= 4 is 57.7 Å². The molecule has 6 atom stereocenters. The molecular formula is C40H33ClFN3O7. The van der Waals surface area contributed by atoms with Crippen molar-refractivity contribution in [1.29, 1.82) is 0 Å². The maximum absolute atomic E-state index is 15.3. The van der Waals surface area contributed by atoms with E-state index >= 15 is 4.79 Å². The molecule has 1 saturated carbocycles. The molecule has 12 heteroatoms. The van der Waals surface area contributed by atoms with E-state index in [1.807, 2.05) is 24.3 Å². The summed E-state index contributed by atoms with van der Waals surface area (Å²) in [5, 5.41) is 23.9. The number of rotatable bonds is 8. The molecule has 2 saturated heterocycles. The zero-order valence-corrected chi connectivity index (χ0v) is 28.4. The molecule has 0 aromatic heterocycles. The standard InChI is InChI=1S/C40H33ClFN3O7/c41-23-10-8-22(9-11-23)40-31(37(50)45(39(40)52)43-25-14-12-24(42)13-15-25)20-30-27(34(40)29-16-7-21-4-1-2-5-26(21)35(29)48)17-18-28-33(30)38(51)44(36(28)49)19-3-6-32(46)47/h1-2,4-5,7-17,28,30-31,33-34,43,48H,3,6,18-20H2,(H,46,47). The Morgan fingerprint density at radius 1 is 0.904 bits per heavy atom. The van der Waals surface area contributed by atoms with Crippen LogP contribution < -0.4 is 5.43 Å². The summed E-state index contributed by atoms with van der Waals surface area (Å²) >= 11 is 6.35. The van der Waals surface area contributed by atoms with Crippen LogP contribution in [0, 0.1) is 29.5 Å². The Morgan fingerprint density at radius 3 is 2.37 bits per heavy atom. The molecule has 0 bridgehead atoms. The van der Waals surface area contributed by atoms with E-state index in [1.54, 1.807) is 42.5 Å². The highest BCUT2D eigenvalue weighted by atomic mass is 35.5. The van der Waals surface area contributed by atoms with E-state index in [0.717, 1.165) is 15.3 Å². The molecule has 10 nitrogen and oxygen atoms in total. The SMILES string of the molecule is O=C(O)CCCN1C(=O)C2CC=C3C(CC4C(=O)N(Nc5ccc(F)cc5)C(=O)C4(c4ccc(Cl)cc4)C3c3ccc4ccccc4c3O)C2C1=O. The van der Waals surface area contributed by atoms with Crippen LogP contribution >= 0.6 is 11.6 Å². The molecule has 3 N–H and O–H groups in total. The van der Waals surface area contributed by atoms with Crippen molar-refractivity contribution in [2.75, 3.05) is 12.0 Å². The molecule has 6 unspecified atom stereocenters. The number of nitrogens with zero attached hydrogens (tertiary/aromatic N) is 2. The fraction of sp³-hybridized carbons (Fsp3) is 0.275. The molecule has 8 rings (SSSR count). The van der Waals surface area contributed by atoms with Crippen LogP contribution in [-0.4, -0.2) is 56.3 Å². The molecule has 0 spiro atoms. The predicted octanol–water partition coefficient (Wildman–Crippen LogP) is 6.19. The number of carbonyl (C=O) groups excluding carboxylic acids is 4. The highest BCUT2D eigenvalue weighted by molar-refractivity contribution is 6.30. The fourth-order valence-corrected chi connectivity index (χ4v) is 9.30. The number of aromatic hydroxyl groups is 1. The van der Waals surface area contributed by atoms with Crippen LogP contribution in [0.3, 0.4) is 0 Å². The van der Waals surface area contributed by atoms with Crippen molar-refractivity contribution in [1.82, 2.24) is 9.91 Å². The summed E-state index contributed by atoms with van der Waals surface area (Å²) in [5.41, 5.74) is 3.09. The van der Waals surface area contributed by atoms with Crippen LogP contribution in [-0.2, 0) is 29.4 Å². The number of carboxylic acids is 1. The maximum atomic E-state index is 15.3. The molecular weight excluding hydrogens is 689 g/mol. The van der Waals surface area contributed by atoms with Gasteiger partial charge in [0, 0.05) is 34.9 Å². The molecule has 264 valence electrons. The van der Waals surface area contributed by atoms with Gasteiger partial charge in [0.05, 0.1) is 28.9 Å². The Hall–Kier alpha value is -5.55. The Labute approximate surface area is 302 Å². The zero-order valence-electron chi connectivity index (χ0n) is 27.7. The molecule has 4 aromatic rings. The van der Waals surface area contributed by atoms with E-state index in [2.05, 4.69) is 5.43 Å². The molecule has 0 radical (unpaired) electrons. The minimum Gasteiger partial charge on any atom is -0.507 e. The smallest absolute Gasteiger partial charge is 0.303 e. The van der Waals surface area contributed by atoms with E-state index in [0.29, 0.717) is 32.8 Å². The second-order valence-corrected chi connectivity index (χ2v) is 14.4. The Morgan fingerprint density at radius 2 is 1.63 bits per heavy atom. The molecule has 2 aliphatic carbocycles. The van der Waals surface area contributed by atoms with Crippen LogP contribution in [0.15, 0.2) is 96.6 Å². The van der Waals surface area contributed by atoms with Crippen molar-refractivity contribution in [2.45, 2.75) is 37.0 Å². The number of halogens is 2. The van der Waals surface area contributed by atoms with Crippen molar-refractivity contribution in [3.8, 4) is 5.75 Å². The average molecular weight is 722 g/mol. The van der Waals surface area contributed by atoms with Gasteiger partial charge < -0.3 is 10.2 Å². The number of carboxylic acid groups (broad SMARTS) is 1. The summed E-state index contributed by atoms with van der Waals surface area (Å²) in [6, 6.07) is 22.8. The summed E-state index contributed by atoms with van der Waals surface area (Å²) in [7, 11) is 0. The number of phenols is 1. The van der Waals surface area contributed by atoms with Crippen molar-refractivity contribution in [3.05, 3.63) is 119 Å². The lowest BCUT2D eigenvalue weighted by molar-refractivity contribution is -0.142. The van der Waals surface area contributed by atoms with E-state index in [-0.39, 0.29) is 43.9 Å². The highest BCUT2D eigenvalue weighted by Gasteiger charge is 2.70. The minimum absolute atomic E-state index is 0.0363.